The van der Waals surface area contributed by atoms with Crippen LogP contribution in [0.1, 0.15) is 33.6 Å². The third-order valence-electron chi connectivity index (χ3n) is 2.74. The van der Waals surface area contributed by atoms with E-state index in [0.29, 0.717) is 11.4 Å². The molecule has 0 bridgehead atoms. The van der Waals surface area contributed by atoms with Crippen molar-refractivity contribution in [2.24, 2.45) is 5.73 Å². The van der Waals surface area contributed by atoms with E-state index in [1.807, 2.05) is 0 Å². The fourth-order valence-corrected chi connectivity index (χ4v) is 2.17. The van der Waals surface area contributed by atoms with Crippen LogP contribution in [0.25, 0.3) is 0 Å². The first-order valence-electron chi connectivity index (χ1n) is 6.91. The topological polar surface area (TPSA) is 107 Å². The first kappa shape index (κ1) is 18.3. The lowest BCUT2D eigenvalue weighted by molar-refractivity contribution is -0.154. The molecule has 0 fully saturated rings. The van der Waals surface area contributed by atoms with Crippen LogP contribution in [-0.2, 0) is 14.3 Å². The first-order valence-corrected chi connectivity index (χ1v) is 7.70. The predicted molar refractivity (Wildman–Crippen MR) is 90.2 cm³/mol. The van der Waals surface area contributed by atoms with E-state index < -0.39 is 17.6 Å². The van der Waals surface area contributed by atoms with Gasteiger partial charge in [-0.15, -0.1) is 0 Å². The minimum absolute atomic E-state index is 0.0916. The molecule has 0 saturated carbocycles. The summed E-state index contributed by atoms with van der Waals surface area (Å²) in [7, 11) is 0. The number of hydrogen-bond donors (Lipinski definition) is 3. The van der Waals surface area contributed by atoms with Gasteiger partial charge in [-0.2, -0.15) is 0 Å². The van der Waals surface area contributed by atoms with E-state index in [1.165, 1.54) is 0 Å². The smallest absolute Gasteiger partial charge is 0.306 e. The van der Waals surface area contributed by atoms with E-state index >= 15 is 0 Å². The van der Waals surface area contributed by atoms with Crippen molar-refractivity contribution in [1.29, 1.82) is 0 Å². The Hall–Kier alpha value is -1.76. The molecule has 1 aromatic carbocycles. The van der Waals surface area contributed by atoms with Crippen molar-refractivity contribution in [3.8, 4) is 0 Å². The molecule has 0 aliphatic heterocycles. The van der Waals surface area contributed by atoms with Crippen LogP contribution in [0.2, 0.25) is 0 Å². The van der Waals surface area contributed by atoms with Crippen molar-refractivity contribution >= 4 is 39.2 Å². The van der Waals surface area contributed by atoms with E-state index in [4.69, 9.17) is 16.2 Å². The molecular formula is C15H22BrN3O3. The Balaban J connectivity index is 2.67. The maximum absolute atomic E-state index is 11.7. The maximum atomic E-state index is 11.7. The number of carbonyl (C=O) groups excluding carboxylic acids is 2. The summed E-state index contributed by atoms with van der Waals surface area (Å²) in [4.78, 5) is 23.3. The average Bonchev–Trinajstić information content (AvgIpc) is 2.34. The largest absolute Gasteiger partial charge is 0.460 e. The van der Waals surface area contributed by atoms with E-state index in [-0.39, 0.29) is 18.8 Å². The third-order valence-corrected chi connectivity index (χ3v) is 3.24. The number of ether oxygens (including phenoxy) is 1. The van der Waals surface area contributed by atoms with E-state index in [2.05, 4.69) is 21.2 Å². The molecule has 1 aromatic rings. The Bertz CT molecular complexity index is 555. The predicted octanol–water partition coefficient (Wildman–Crippen LogP) is 2.42. The van der Waals surface area contributed by atoms with Gasteiger partial charge in [0, 0.05) is 10.9 Å². The van der Waals surface area contributed by atoms with Gasteiger partial charge in [0.15, 0.2) is 0 Å². The second kappa shape index (κ2) is 7.49. The van der Waals surface area contributed by atoms with Gasteiger partial charge in [-0.05, 0) is 45.4 Å². The number of primary amides is 1. The number of rotatable bonds is 6. The molecule has 0 heterocycles. The van der Waals surface area contributed by atoms with Gasteiger partial charge in [-0.3, -0.25) is 9.59 Å². The fourth-order valence-electron chi connectivity index (χ4n) is 1.79. The molecular weight excluding hydrogens is 350 g/mol. The highest BCUT2D eigenvalue weighted by atomic mass is 79.9. The van der Waals surface area contributed by atoms with Crippen LogP contribution < -0.4 is 16.8 Å². The lowest BCUT2D eigenvalue weighted by Gasteiger charge is -2.21. The van der Waals surface area contributed by atoms with Crippen LogP contribution in [0.15, 0.2) is 22.7 Å². The number of esters is 1. The number of benzene rings is 1. The molecule has 0 unspecified atom stereocenters. The molecule has 0 saturated heterocycles. The average molecular weight is 372 g/mol. The number of nitrogens with one attached hydrogen (secondary N) is 1. The molecule has 0 aliphatic rings. The molecule has 1 amide bonds. The van der Waals surface area contributed by atoms with Gasteiger partial charge >= 0.3 is 5.97 Å². The van der Waals surface area contributed by atoms with Crippen LogP contribution in [0.4, 0.5) is 11.4 Å². The van der Waals surface area contributed by atoms with Crippen LogP contribution in [0.5, 0.6) is 0 Å². The van der Waals surface area contributed by atoms with Gasteiger partial charge in [0.25, 0.3) is 0 Å². The second-order valence-electron chi connectivity index (χ2n) is 5.96. The van der Waals surface area contributed by atoms with E-state index in [1.54, 1.807) is 39.0 Å². The quantitative estimate of drug-likeness (QED) is 0.525. The summed E-state index contributed by atoms with van der Waals surface area (Å²) in [5.41, 5.74) is 11.8. The lowest BCUT2D eigenvalue weighted by Crippen LogP contribution is -2.36. The van der Waals surface area contributed by atoms with Gasteiger partial charge in [0.2, 0.25) is 5.91 Å². The maximum Gasteiger partial charge on any atom is 0.306 e. The Morgan fingerprint density at radius 1 is 1.36 bits per heavy atom. The molecule has 1 rings (SSSR count). The number of hydrogen-bond acceptors (Lipinski definition) is 5. The zero-order valence-corrected chi connectivity index (χ0v) is 14.6. The molecule has 0 spiro atoms. The summed E-state index contributed by atoms with van der Waals surface area (Å²) >= 11 is 3.31. The third kappa shape index (κ3) is 6.34. The van der Waals surface area contributed by atoms with Crippen molar-refractivity contribution < 1.29 is 14.3 Å². The van der Waals surface area contributed by atoms with Crippen LogP contribution in [-0.4, -0.2) is 23.5 Å². The SMILES string of the molecule is CC(C)(C)OC(=O)CC[C@H](Nc1ccc(Br)cc1N)C(N)=O. The highest BCUT2D eigenvalue weighted by molar-refractivity contribution is 9.10. The number of anilines is 2. The molecule has 122 valence electrons. The van der Waals surface area contributed by atoms with Crippen LogP contribution in [0.3, 0.4) is 0 Å². The molecule has 0 aliphatic carbocycles. The van der Waals surface area contributed by atoms with Crippen molar-refractivity contribution in [2.75, 3.05) is 11.1 Å². The molecule has 22 heavy (non-hydrogen) atoms. The number of halogens is 1. The molecule has 5 N–H and O–H groups in total. The Kier molecular flexibility index (Phi) is 6.22. The molecule has 0 radical (unpaired) electrons. The Morgan fingerprint density at radius 3 is 2.50 bits per heavy atom. The summed E-state index contributed by atoms with van der Waals surface area (Å²) < 4.78 is 6.04. The lowest BCUT2D eigenvalue weighted by atomic mass is 10.1. The van der Waals surface area contributed by atoms with Crippen molar-refractivity contribution in [2.45, 2.75) is 45.3 Å². The van der Waals surface area contributed by atoms with Crippen LogP contribution >= 0.6 is 15.9 Å². The van der Waals surface area contributed by atoms with Crippen molar-refractivity contribution in [3.63, 3.8) is 0 Å². The number of carbonyl (C=O) groups is 2. The number of nitrogen functional groups attached to an aromatic ring is 1. The summed E-state index contributed by atoms with van der Waals surface area (Å²) in [6.45, 7) is 5.37. The second-order valence-corrected chi connectivity index (χ2v) is 6.87. The minimum Gasteiger partial charge on any atom is -0.460 e. The molecule has 6 nitrogen and oxygen atoms in total. The van der Waals surface area contributed by atoms with E-state index in [9.17, 15) is 9.59 Å². The zero-order valence-electron chi connectivity index (χ0n) is 13.0. The zero-order chi connectivity index (χ0) is 16.9. The van der Waals surface area contributed by atoms with E-state index in [0.717, 1.165) is 4.47 Å². The number of amides is 1. The van der Waals surface area contributed by atoms with Crippen LogP contribution in [0, 0.1) is 0 Å². The Morgan fingerprint density at radius 2 is 2.00 bits per heavy atom. The normalized spacial score (nSPS) is 12.5. The fraction of sp³-hybridized carbons (Fsp3) is 0.467. The van der Waals surface area contributed by atoms with Crippen molar-refractivity contribution in [1.82, 2.24) is 0 Å². The standard InChI is InChI=1S/C15H22BrN3O3/c1-15(2,3)22-13(20)7-6-12(14(18)21)19-11-5-4-9(16)8-10(11)17/h4-5,8,12,19H,6-7,17H2,1-3H3,(H2,18,21)/t12-/m0/s1. The first-order chi connectivity index (χ1) is 10.1. The van der Waals surface area contributed by atoms with Gasteiger partial charge < -0.3 is 21.5 Å². The highest BCUT2D eigenvalue weighted by Gasteiger charge is 2.21. The highest BCUT2D eigenvalue weighted by Crippen LogP contribution is 2.24. The molecule has 1 atom stereocenters. The summed E-state index contributed by atoms with van der Waals surface area (Å²) in [5, 5.41) is 2.96. The summed E-state index contributed by atoms with van der Waals surface area (Å²) in [6.07, 6.45) is 0.327. The summed E-state index contributed by atoms with van der Waals surface area (Å²) in [6, 6.07) is 4.55. The van der Waals surface area contributed by atoms with Gasteiger partial charge in [0.05, 0.1) is 11.4 Å². The monoisotopic (exact) mass is 371 g/mol. The van der Waals surface area contributed by atoms with Gasteiger partial charge in [0.1, 0.15) is 11.6 Å². The molecule has 0 aromatic heterocycles. The molecule has 7 heteroatoms. The summed E-state index contributed by atoms with van der Waals surface area (Å²) in [5.74, 6) is -0.921. The minimum atomic E-state index is -0.698. The Labute approximate surface area is 138 Å². The van der Waals surface area contributed by atoms with Crippen molar-refractivity contribution in [3.05, 3.63) is 22.7 Å². The van der Waals surface area contributed by atoms with Gasteiger partial charge in [-0.1, -0.05) is 15.9 Å². The van der Waals surface area contributed by atoms with Gasteiger partial charge in [-0.25, -0.2) is 0 Å². The number of nitrogens with two attached hydrogens (primary N) is 2.